The number of likely N-dealkylation sites (tertiary alicyclic amines) is 1. The number of halogens is 1. The molecule has 0 radical (unpaired) electrons. The highest BCUT2D eigenvalue weighted by molar-refractivity contribution is 5.97. The van der Waals surface area contributed by atoms with Crippen molar-refractivity contribution in [2.45, 2.75) is 105 Å². The molecule has 0 aliphatic carbocycles. The van der Waals surface area contributed by atoms with Gasteiger partial charge >= 0.3 is 6.09 Å². The number of amides is 2. The van der Waals surface area contributed by atoms with Crippen LogP contribution in [0.25, 0.3) is 0 Å². The van der Waals surface area contributed by atoms with Gasteiger partial charge in [0.05, 0.1) is 18.9 Å². The summed E-state index contributed by atoms with van der Waals surface area (Å²) >= 11 is 0. The van der Waals surface area contributed by atoms with Crippen molar-refractivity contribution in [1.29, 1.82) is 0 Å². The number of methoxy groups -OCH3 is 1. The first-order chi connectivity index (χ1) is 22.1. The lowest BCUT2D eigenvalue weighted by Crippen LogP contribution is -2.62. The normalized spacial score (nSPS) is 16.9. The fraction of sp³-hybridized carbons (Fsp3) is 0.667. The molecule has 2 aromatic rings. The van der Waals surface area contributed by atoms with Crippen molar-refractivity contribution in [2.24, 2.45) is 11.3 Å². The molecule has 2 amide bonds. The molecule has 4 rings (SSSR count). The van der Waals surface area contributed by atoms with Crippen LogP contribution in [-0.2, 0) is 4.74 Å². The van der Waals surface area contributed by atoms with Gasteiger partial charge in [0.1, 0.15) is 17.3 Å². The highest BCUT2D eigenvalue weighted by Gasteiger charge is 2.50. The lowest BCUT2D eigenvalue weighted by atomic mass is 9.76. The molecule has 1 atom stereocenters. The minimum absolute atomic E-state index is 0.0677. The van der Waals surface area contributed by atoms with Crippen molar-refractivity contribution in [3.63, 3.8) is 0 Å². The zero-order valence-corrected chi connectivity index (χ0v) is 30.0. The molecule has 0 N–H and O–H groups in total. The van der Waals surface area contributed by atoms with Crippen molar-refractivity contribution in [2.75, 3.05) is 44.7 Å². The second kappa shape index (κ2) is 14.7. The van der Waals surface area contributed by atoms with Gasteiger partial charge in [0, 0.05) is 61.8 Å². The van der Waals surface area contributed by atoms with Gasteiger partial charge in [0.15, 0.2) is 0 Å². The molecule has 1 aromatic carbocycles. The van der Waals surface area contributed by atoms with Crippen LogP contribution in [0.4, 0.5) is 14.9 Å². The monoisotopic (exact) mass is 654 g/mol. The zero-order chi connectivity index (χ0) is 34.7. The summed E-state index contributed by atoms with van der Waals surface area (Å²) in [6.07, 6.45) is 4.34. The van der Waals surface area contributed by atoms with E-state index >= 15 is 0 Å². The van der Waals surface area contributed by atoms with Crippen molar-refractivity contribution < 1.29 is 23.5 Å². The first kappa shape index (κ1) is 36.4. The van der Waals surface area contributed by atoms with Gasteiger partial charge in [0.25, 0.3) is 11.8 Å². The Labute approximate surface area is 280 Å². The molecule has 0 saturated carbocycles. The van der Waals surface area contributed by atoms with Crippen LogP contribution in [0.3, 0.4) is 0 Å². The van der Waals surface area contributed by atoms with Crippen LogP contribution in [0.2, 0.25) is 0 Å². The van der Waals surface area contributed by atoms with Crippen molar-refractivity contribution >= 4 is 17.7 Å². The van der Waals surface area contributed by atoms with Crippen molar-refractivity contribution in [1.82, 2.24) is 24.9 Å². The molecule has 1 aromatic heterocycles. The summed E-state index contributed by atoms with van der Waals surface area (Å²) in [4.78, 5) is 34.4. The van der Waals surface area contributed by atoms with E-state index in [2.05, 4.69) is 33.8 Å². The van der Waals surface area contributed by atoms with E-state index in [1.807, 2.05) is 59.4 Å². The largest absolute Gasteiger partial charge is 0.453 e. The third kappa shape index (κ3) is 8.34. The maximum atomic E-state index is 14.4. The molecule has 1 spiro atoms. The minimum Gasteiger partial charge on any atom is -0.453 e. The quantitative estimate of drug-likeness (QED) is 0.246. The Hall–Kier alpha value is -3.47. The summed E-state index contributed by atoms with van der Waals surface area (Å²) in [7, 11) is 1.44. The number of benzene rings is 1. The topological polar surface area (TPSA) is 91.3 Å². The number of aromatic nitrogens is 2. The Bertz CT molecular complexity index is 1380. The lowest BCUT2D eigenvalue weighted by Gasteiger charge is -2.53. The molecule has 47 heavy (non-hydrogen) atoms. The Morgan fingerprint density at radius 2 is 1.72 bits per heavy atom. The van der Waals surface area contributed by atoms with Crippen LogP contribution < -0.4 is 9.64 Å². The van der Waals surface area contributed by atoms with Crippen molar-refractivity contribution in [3.8, 4) is 11.6 Å². The van der Waals surface area contributed by atoms with E-state index in [1.54, 1.807) is 11.1 Å². The highest BCUT2D eigenvalue weighted by atomic mass is 19.1. The van der Waals surface area contributed by atoms with Gasteiger partial charge in [-0.05, 0) is 97.9 Å². The first-order valence-electron chi connectivity index (χ1n) is 17.0. The Balaban J connectivity index is 1.44. The molecule has 2 fully saturated rings. The molecule has 1 unspecified atom stereocenters. The number of rotatable bonds is 12. The van der Waals surface area contributed by atoms with Gasteiger partial charge < -0.3 is 24.2 Å². The Morgan fingerprint density at radius 1 is 1.04 bits per heavy atom. The van der Waals surface area contributed by atoms with Gasteiger partial charge in [0.2, 0.25) is 0 Å². The summed E-state index contributed by atoms with van der Waals surface area (Å²) in [5.41, 5.74) is 0.847. The number of nitrogens with zero attached hydrogens (tertiary/aromatic N) is 6. The van der Waals surface area contributed by atoms with E-state index in [0.29, 0.717) is 24.4 Å². The molecule has 11 heteroatoms. The predicted molar refractivity (Wildman–Crippen MR) is 183 cm³/mol. The molecule has 0 bridgehead atoms. The number of anilines is 1. The summed E-state index contributed by atoms with van der Waals surface area (Å²) < 4.78 is 25.7. The average molecular weight is 655 g/mol. The van der Waals surface area contributed by atoms with Gasteiger partial charge in [-0.2, -0.15) is 5.10 Å². The molecule has 2 aliphatic rings. The number of hydrogen-bond acceptors (Lipinski definition) is 8. The number of ether oxygens (including phenoxy) is 2. The van der Waals surface area contributed by atoms with E-state index in [1.165, 1.54) is 25.3 Å². The highest BCUT2D eigenvalue weighted by Crippen LogP contribution is 2.45. The van der Waals surface area contributed by atoms with E-state index in [4.69, 9.17) is 9.47 Å². The second-order valence-electron chi connectivity index (χ2n) is 15.2. The van der Waals surface area contributed by atoms with E-state index in [0.717, 1.165) is 51.1 Å². The van der Waals surface area contributed by atoms with Crippen LogP contribution in [-0.4, -0.2) is 100 Å². The van der Waals surface area contributed by atoms with E-state index < -0.39 is 5.82 Å². The number of carbonyl (C=O) groups is 2. The minimum atomic E-state index is -0.502. The Morgan fingerprint density at radius 3 is 2.32 bits per heavy atom. The molecule has 3 heterocycles. The fourth-order valence-electron chi connectivity index (χ4n) is 7.35. The van der Waals surface area contributed by atoms with Gasteiger partial charge in [-0.25, -0.2) is 9.18 Å². The number of hydrogen-bond donors (Lipinski definition) is 0. The smallest absolute Gasteiger partial charge is 0.409 e. The van der Waals surface area contributed by atoms with Crippen LogP contribution in [0, 0.1) is 17.2 Å². The molecular formula is C36H55FN6O4. The summed E-state index contributed by atoms with van der Waals surface area (Å²) in [5, 5.41) is 8.40. The summed E-state index contributed by atoms with van der Waals surface area (Å²) in [6.45, 7) is 22.8. The van der Waals surface area contributed by atoms with E-state index in [-0.39, 0.29) is 46.4 Å². The maximum Gasteiger partial charge on any atom is 0.409 e. The van der Waals surface area contributed by atoms with Gasteiger partial charge in [-0.15, -0.1) is 5.10 Å². The summed E-state index contributed by atoms with van der Waals surface area (Å²) in [6, 6.07) is 6.22. The third-order valence-electron chi connectivity index (χ3n) is 9.57. The number of carbonyl (C=O) groups excluding carboxylic acids is 2. The van der Waals surface area contributed by atoms with Crippen LogP contribution in [0.1, 0.15) is 91.9 Å². The lowest BCUT2D eigenvalue weighted by molar-refractivity contribution is -0.0349. The van der Waals surface area contributed by atoms with Gasteiger partial charge in [-0.3, -0.25) is 9.69 Å². The van der Waals surface area contributed by atoms with Gasteiger partial charge in [-0.1, -0.05) is 13.8 Å². The first-order valence-corrected chi connectivity index (χ1v) is 17.0. The Kier molecular flexibility index (Phi) is 11.4. The van der Waals surface area contributed by atoms with E-state index in [9.17, 15) is 14.0 Å². The predicted octanol–water partition coefficient (Wildman–Crippen LogP) is 6.85. The van der Waals surface area contributed by atoms with Crippen molar-refractivity contribution in [3.05, 3.63) is 41.8 Å². The van der Waals surface area contributed by atoms with Crippen LogP contribution >= 0.6 is 0 Å². The standard InChI is InChI=1S/C36H55FN6O4/c1-24(2)29(12-11-18-42(34(45)46-10)35(7,8)9)41-22-36(23-41)16-19-40(21-36)30-15-17-38-39-32(30)47-31-14-13-27(37)20-28(31)33(44)43(25(3)4)26(5)6/h13-15,17,20,24-26,29H,11-12,16,18-19,21-23H2,1-10H3. The molecule has 10 nitrogen and oxygen atoms in total. The fourth-order valence-corrected chi connectivity index (χ4v) is 7.35. The summed E-state index contributed by atoms with van der Waals surface area (Å²) in [5.74, 6) is 0.255. The van der Waals surface area contributed by atoms with Crippen LogP contribution in [0.15, 0.2) is 30.5 Å². The average Bonchev–Trinajstić information content (AvgIpc) is 3.42. The zero-order valence-electron chi connectivity index (χ0n) is 30.0. The third-order valence-corrected chi connectivity index (χ3v) is 9.57. The molecule has 2 saturated heterocycles. The second-order valence-corrected chi connectivity index (χ2v) is 15.2. The maximum absolute atomic E-state index is 14.4. The molecule has 2 aliphatic heterocycles. The molecule has 260 valence electrons. The molecular weight excluding hydrogens is 599 g/mol. The van der Waals surface area contributed by atoms with Crippen LogP contribution in [0.5, 0.6) is 11.6 Å². The SMILES string of the molecule is COC(=O)N(CCCC(C(C)C)N1CC2(CCN(c3ccnnc3Oc3ccc(F)cc3C(=O)N(C(C)C)C(C)C)C2)C1)C(C)(C)C.